The molecule has 1 aliphatic heterocycles. The molecule has 3 heterocycles. The molecule has 1 aliphatic rings. The number of pyridine rings is 1. The number of sulfone groups is 1. The van der Waals surface area contributed by atoms with Gasteiger partial charge in [0.1, 0.15) is 22.2 Å². The second-order valence-electron chi connectivity index (χ2n) is 8.23. The Labute approximate surface area is 209 Å². The van der Waals surface area contributed by atoms with Gasteiger partial charge in [0.05, 0.1) is 33.4 Å². The molecule has 188 valence electrons. The van der Waals surface area contributed by atoms with Gasteiger partial charge in [0.15, 0.2) is 9.84 Å². The molecule has 0 unspecified atom stereocenters. The summed E-state index contributed by atoms with van der Waals surface area (Å²) in [6, 6.07) is 3.99. The lowest BCUT2D eigenvalue weighted by molar-refractivity contribution is 0.145. The van der Waals surface area contributed by atoms with E-state index in [1.807, 2.05) is 4.90 Å². The van der Waals surface area contributed by atoms with E-state index in [1.165, 1.54) is 16.8 Å². The van der Waals surface area contributed by atoms with E-state index in [0.717, 1.165) is 24.3 Å². The van der Waals surface area contributed by atoms with Crippen molar-refractivity contribution in [2.75, 3.05) is 25.0 Å². The van der Waals surface area contributed by atoms with Gasteiger partial charge in [-0.25, -0.2) is 35.9 Å². The molecule has 6 nitrogen and oxygen atoms in total. The second-order valence-corrected chi connectivity index (χ2v) is 11.3. The molecule has 0 spiro atoms. The Hall–Kier alpha value is -2.28. The zero-order valence-electron chi connectivity index (χ0n) is 18.5. The number of likely N-dealkylation sites (N-methyl/N-ethyl adjacent to an activating group) is 1. The third-order valence-electron chi connectivity index (χ3n) is 5.87. The Morgan fingerprint density at radius 3 is 2.71 bits per heavy atom. The van der Waals surface area contributed by atoms with Gasteiger partial charge in [-0.15, -0.1) is 11.3 Å². The summed E-state index contributed by atoms with van der Waals surface area (Å²) in [6.45, 7) is 1.01. The third-order valence-corrected chi connectivity index (χ3v) is 8.47. The van der Waals surface area contributed by atoms with Crippen LogP contribution < -0.4 is 4.90 Å². The van der Waals surface area contributed by atoms with Crippen LogP contribution >= 0.6 is 22.9 Å². The van der Waals surface area contributed by atoms with Crippen molar-refractivity contribution in [1.82, 2.24) is 14.9 Å². The molecule has 2 aromatic heterocycles. The molecule has 4 rings (SSSR count). The Morgan fingerprint density at radius 2 is 2.03 bits per heavy atom. The van der Waals surface area contributed by atoms with E-state index in [9.17, 15) is 26.0 Å². The number of benzene rings is 1. The van der Waals surface area contributed by atoms with Crippen LogP contribution in [0, 0.1) is 11.6 Å². The lowest BCUT2D eigenvalue weighted by Crippen LogP contribution is -2.35. The van der Waals surface area contributed by atoms with E-state index in [1.54, 1.807) is 17.3 Å². The molecule has 35 heavy (non-hydrogen) atoms. The summed E-state index contributed by atoms with van der Waals surface area (Å²) in [5, 5.41) is 1.65. The van der Waals surface area contributed by atoms with E-state index in [4.69, 9.17) is 11.6 Å². The van der Waals surface area contributed by atoms with Crippen molar-refractivity contribution in [1.29, 1.82) is 0 Å². The first kappa shape index (κ1) is 25.8. The molecule has 3 aromatic rings. The molecule has 0 N–H and O–H groups in total. The van der Waals surface area contributed by atoms with Gasteiger partial charge >= 0.3 is 0 Å². The summed E-state index contributed by atoms with van der Waals surface area (Å²) in [5.74, 6) is -2.02. The predicted molar refractivity (Wildman–Crippen MR) is 126 cm³/mol. The minimum Gasteiger partial charge on any atom is -0.369 e. The lowest BCUT2D eigenvalue weighted by atomic mass is 10.2. The van der Waals surface area contributed by atoms with Gasteiger partial charge in [-0.1, -0.05) is 11.6 Å². The SMILES string of the molecule is CN(c1cc(F)c(S(=O)(=O)Cc2cscn2)cc1Cl)[C@H]1CCN(Cc2nc(C(F)F)ccc2F)C1. The molecule has 0 radical (unpaired) electrons. The number of nitrogens with zero attached hydrogens (tertiary/aromatic N) is 4. The molecule has 0 amide bonds. The van der Waals surface area contributed by atoms with E-state index in [2.05, 4.69) is 9.97 Å². The van der Waals surface area contributed by atoms with Crippen LogP contribution in [-0.4, -0.2) is 49.5 Å². The van der Waals surface area contributed by atoms with Crippen molar-refractivity contribution in [2.45, 2.75) is 36.1 Å². The molecule has 0 saturated carbocycles. The number of likely N-dealkylation sites (tertiary alicyclic amines) is 1. The van der Waals surface area contributed by atoms with Crippen molar-refractivity contribution in [2.24, 2.45) is 0 Å². The standard InChI is InChI=1S/C22H21ClF4N4O2S2/c1-30(14-4-5-31(8-14)9-19-16(24)2-3-18(29-19)22(26)27)20-7-17(25)21(6-15(20)23)35(32,33)11-13-10-34-12-28-13/h2-3,6-7,10,12,14,22H,4-5,8-9,11H2,1H3/t14-/m0/s1. The maximum Gasteiger partial charge on any atom is 0.280 e. The quantitative estimate of drug-likeness (QED) is 0.365. The molecule has 1 atom stereocenters. The van der Waals surface area contributed by atoms with Gasteiger partial charge in [-0.3, -0.25) is 4.90 Å². The van der Waals surface area contributed by atoms with E-state index < -0.39 is 44.2 Å². The largest absolute Gasteiger partial charge is 0.369 e. The smallest absolute Gasteiger partial charge is 0.280 e. The fourth-order valence-electron chi connectivity index (χ4n) is 4.02. The summed E-state index contributed by atoms with van der Waals surface area (Å²) in [6.07, 6.45) is -2.17. The van der Waals surface area contributed by atoms with Crippen LogP contribution in [-0.2, 0) is 22.1 Å². The van der Waals surface area contributed by atoms with Crippen LogP contribution in [0.4, 0.5) is 23.2 Å². The second kappa shape index (κ2) is 10.4. The number of hydrogen-bond donors (Lipinski definition) is 0. The fourth-order valence-corrected chi connectivity index (χ4v) is 6.40. The first-order valence-electron chi connectivity index (χ1n) is 10.5. The Kier molecular flexibility index (Phi) is 7.65. The first-order chi connectivity index (χ1) is 16.5. The third kappa shape index (κ3) is 5.76. The molecule has 1 aromatic carbocycles. The number of aromatic nitrogens is 2. The summed E-state index contributed by atoms with van der Waals surface area (Å²) < 4.78 is 80.2. The number of thiazole rings is 1. The average Bonchev–Trinajstić information content (AvgIpc) is 3.47. The van der Waals surface area contributed by atoms with E-state index in [-0.39, 0.29) is 23.3 Å². The number of hydrogen-bond acceptors (Lipinski definition) is 7. The zero-order chi connectivity index (χ0) is 25.3. The van der Waals surface area contributed by atoms with Crippen LogP contribution in [0.15, 0.2) is 40.1 Å². The summed E-state index contributed by atoms with van der Waals surface area (Å²) in [4.78, 5) is 10.8. The minimum absolute atomic E-state index is 0.0482. The minimum atomic E-state index is -3.99. The predicted octanol–water partition coefficient (Wildman–Crippen LogP) is 5.09. The molecular weight excluding hydrogens is 528 g/mol. The Balaban J connectivity index is 1.48. The van der Waals surface area contributed by atoms with Gasteiger partial charge in [-0.2, -0.15) is 0 Å². The highest BCUT2D eigenvalue weighted by Crippen LogP contribution is 2.34. The van der Waals surface area contributed by atoms with Crippen molar-refractivity contribution in [3.63, 3.8) is 0 Å². The van der Waals surface area contributed by atoms with E-state index >= 15 is 0 Å². The monoisotopic (exact) mass is 548 g/mol. The highest BCUT2D eigenvalue weighted by atomic mass is 35.5. The molecule has 1 saturated heterocycles. The van der Waals surface area contributed by atoms with Crippen molar-refractivity contribution >= 4 is 38.5 Å². The Bertz CT molecular complexity index is 1310. The number of anilines is 1. The highest BCUT2D eigenvalue weighted by Gasteiger charge is 2.30. The van der Waals surface area contributed by atoms with Crippen LogP contribution in [0.3, 0.4) is 0 Å². The molecule has 13 heteroatoms. The number of halogens is 5. The molecule has 1 fully saturated rings. The average molecular weight is 549 g/mol. The first-order valence-corrected chi connectivity index (χ1v) is 13.5. The molecule has 0 bridgehead atoms. The van der Waals surface area contributed by atoms with E-state index in [0.29, 0.717) is 30.9 Å². The summed E-state index contributed by atoms with van der Waals surface area (Å²) in [7, 11) is -2.29. The van der Waals surface area contributed by atoms with Gasteiger partial charge in [0.2, 0.25) is 0 Å². The van der Waals surface area contributed by atoms with Crippen LogP contribution in [0.5, 0.6) is 0 Å². The van der Waals surface area contributed by atoms with Crippen molar-refractivity contribution in [3.05, 3.63) is 68.9 Å². The van der Waals surface area contributed by atoms with Gasteiger partial charge in [0.25, 0.3) is 6.43 Å². The zero-order valence-corrected chi connectivity index (χ0v) is 20.9. The maximum absolute atomic E-state index is 14.9. The molecular formula is C22H21ClF4N4O2S2. The highest BCUT2D eigenvalue weighted by molar-refractivity contribution is 7.90. The fraction of sp³-hybridized carbons (Fsp3) is 0.364. The van der Waals surface area contributed by atoms with Crippen LogP contribution in [0.25, 0.3) is 0 Å². The number of rotatable bonds is 8. The van der Waals surface area contributed by atoms with Crippen molar-refractivity contribution < 1.29 is 26.0 Å². The Morgan fingerprint density at radius 1 is 1.26 bits per heavy atom. The lowest BCUT2D eigenvalue weighted by Gasteiger charge is -2.28. The number of alkyl halides is 2. The van der Waals surface area contributed by atoms with Gasteiger partial charge in [-0.05, 0) is 24.6 Å². The van der Waals surface area contributed by atoms with Gasteiger partial charge in [0, 0.05) is 44.2 Å². The topological polar surface area (TPSA) is 66.4 Å². The van der Waals surface area contributed by atoms with Crippen molar-refractivity contribution in [3.8, 4) is 0 Å². The molecule has 0 aliphatic carbocycles. The normalized spacial score (nSPS) is 16.8. The maximum atomic E-state index is 14.9. The van der Waals surface area contributed by atoms with Crippen LogP contribution in [0.2, 0.25) is 5.02 Å². The van der Waals surface area contributed by atoms with Crippen LogP contribution in [0.1, 0.15) is 29.9 Å². The summed E-state index contributed by atoms with van der Waals surface area (Å²) >= 11 is 7.61. The van der Waals surface area contributed by atoms with Gasteiger partial charge < -0.3 is 4.90 Å². The summed E-state index contributed by atoms with van der Waals surface area (Å²) in [5.41, 5.74) is 1.58.